The first-order chi connectivity index (χ1) is 3.18. The van der Waals surface area contributed by atoms with Gasteiger partial charge in [-0.05, 0) is 6.42 Å². The second kappa shape index (κ2) is 3.57. The van der Waals surface area contributed by atoms with Crippen LogP contribution in [0.5, 0.6) is 0 Å². The summed E-state index contributed by atoms with van der Waals surface area (Å²) in [5, 5.41) is 0. The fraction of sp³-hybridized carbons (Fsp3) is 1.00. The SMILES string of the molecule is CCC(Br)S(=O)O. The molecule has 0 aromatic rings. The monoisotopic (exact) mass is 186 g/mol. The topological polar surface area (TPSA) is 37.3 Å². The van der Waals surface area contributed by atoms with Crippen molar-refractivity contribution in [1.29, 1.82) is 0 Å². The van der Waals surface area contributed by atoms with E-state index in [9.17, 15) is 4.21 Å². The molecular weight excluding hydrogens is 180 g/mol. The predicted molar refractivity (Wildman–Crippen MR) is 33.8 cm³/mol. The van der Waals surface area contributed by atoms with Crippen LogP contribution < -0.4 is 0 Å². The Morgan fingerprint density at radius 2 is 2.43 bits per heavy atom. The molecule has 0 aliphatic heterocycles. The summed E-state index contributed by atoms with van der Waals surface area (Å²) < 4.78 is 18.0. The number of hydrogen-bond acceptors (Lipinski definition) is 1. The molecule has 0 aromatic heterocycles. The highest BCUT2D eigenvalue weighted by Gasteiger charge is 2.04. The lowest BCUT2D eigenvalue weighted by atomic mass is 10.6. The van der Waals surface area contributed by atoms with Gasteiger partial charge in [-0.15, -0.1) is 0 Å². The van der Waals surface area contributed by atoms with E-state index in [4.69, 9.17) is 4.55 Å². The fourth-order valence-electron chi connectivity index (χ4n) is 0.143. The van der Waals surface area contributed by atoms with Crippen LogP contribution in [0.25, 0.3) is 0 Å². The van der Waals surface area contributed by atoms with Crippen molar-refractivity contribution in [2.24, 2.45) is 0 Å². The van der Waals surface area contributed by atoms with E-state index in [1.165, 1.54) is 0 Å². The molecule has 0 aliphatic rings. The lowest BCUT2D eigenvalue weighted by Crippen LogP contribution is -2.02. The third-order valence-corrected chi connectivity index (χ3v) is 2.92. The highest BCUT2D eigenvalue weighted by atomic mass is 79.9. The maximum atomic E-state index is 9.99. The molecule has 0 aromatic carbocycles. The minimum Gasteiger partial charge on any atom is -0.305 e. The molecule has 0 aliphatic carbocycles. The molecule has 2 atom stereocenters. The van der Waals surface area contributed by atoms with Gasteiger partial charge in [0.05, 0.1) is 0 Å². The molecule has 2 unspecified atom stereocenters. The van der Waals surface area contributed by atoms with Gasteiger partial charge in [-0.2, -0.15) is 0 Å². The summed E-state index contributed by atoms with van der Waals surface area (Å²) in [7, 11) is 0. The first kappa shape index (κ1) is 7.59. The van der Waals surface area contributed by atoms with Crippen molar-refractivity contribution in [3.05, 3.63) is 0 Å². The van der Waals surface area contributed by atoms with Gasteiger partial charge in [0.1, 0.15) is 4.16 Å². The molecule has 0 rings (SSSR count). The van der Waals surface area contributed by atoms with Crippen LogP contribution in [-0.4, -0.2) is 12.9 Å². The molecule has 44 valence electrons. The van der Waals surface area contributed by atoms with Gasteiger partial charge < -0.3 is 4.55 Å². The van der Waals surface area contributed by atoms with Crippen molar-refractivity contribution >= 4 is 27.0 Å². The van der Waals surface area contributed by atoms with E-state index >= 15 is 0 Å². The smallest absolute Gasteiger partial charge is 0.166 e. The molecule has 0 saturated carbocycles. The highest BCUT2D eigenvalue weighted by Crippen LogP contribution is 2.05. The van der Waals surface area contributed by atoms with Crippen LogP contribution in [0.3, 0.4) is 0 Å². The first-order valence-corrected chi connectivity index (χ1v) is 4.00. The minimum atomic E-state index is -1.69. The molecule has 0 bridgehead atoms. The van der Waals surface area contributed by atoms with Crippen molar-refractivity contribution in [2.45, 2.75) is 17.5 Å². The number of hydrogen-bond donors (Lipinski definition) is 1. The second-order valence-corrected chi connectivity index (χ2v) is 3.93. The molecule has 2 nitrogen and oxygen atoms in total. The Morgan fingerprint density at radius 3 is 2.43 bits per heavy atom. The van der Waals surface area contributed by atoms with Crippen LogP contribution in [0.4, 0.5) is 0 Å². The summed E-state index contributed by atoms with van der Waals surface area (Å²) in [5.41, 5.74) is 0. The van der Waals surface area contributed by atoms with E-state index in [1.807, 2.05) is 6.92 Å². The lowest BCUT2D eigenvalue weighted by molar-refractivity contribution is 0.560. The van der Waals surface area contributed by atoms with Crippen LogP contribution in [0.1, 0.15) is 13.3 Å². The van der Waals surface area contributed by atoms with Crippen molar-refractivity contribution in [2.75, 3.05) is 0 Å². The van der Waals surface area contributed by atoms with Gasteiger partial charge in [-0.1, -0.05) is 22.9 Å². The quantitative estimate of drug-likeness (QED) is 0.523. The molecule has 0 saturated heterocycles. The van der Waals surface area contributed by atoms with Gasteiger partial charge in [-0.25, -0.2) is 4.21 Å². The summed E-state index contributed by atoms with van der Waals surface area (Å²) in [6.45, 7) is 1.84. The number of halogens is 1. The zero-order valence-corrected chi connectivity index (χ0v) is 6.33. The second-order valence-electron chi connectivity index (χ2n) is 1.09. The van der Waals surface area contributed by atoms with Crippen LogP contribution in [0.2, 0.25) is 0 Å². The normalized spacial score (nSPS) is 18.7. The summed E-state index contributed by atoms with van der Waals surface area (Å²) in [6.07, 6.45) is 0.684. The third-order valence-electron chi connectivity index (χ3n) is 0.540. The van der Waals surface area contributed by atoms with E-state index in [-0.39, 0.29) is 4.16 Å². The summed E-state index contributed by atoms with van der Waals surface area (Å²) in [6, 6.07) is 0. The fourth-order valence-corrected chi connectivity index (χ4v) is 0.428. The zero-order valence-electron chi connectivity index (χ0n) is 3.93. The van der Waals surface area contributed by atoms with E-state index in [2.05, 4.69) is 15.9 Å². The Labute approximate surface area is 53.7 Å². The van der Waals surface area contributed by atoms with Gasteiger partial charge in [0, 0.05) is 0 Å². The third kappa shape index (κ3) is 3.20. The van der Waals surface area contributed by atoms with Crippen LogP contribution in [0, 0.1) is 0 Å². The average Bonchev–Trinajstić information content (AvgIpc) is 1.65. The molecule has 0 radical (unpaired) electrons. The van der Waals surface area contributed by atoms with Gasteiger partial charge >= 0.3 is 0 Å². The number of alkyl halides is 1. The largest absolute Gasteiger partial charge is 0.305 e. The molecule has 0 spiro atoms. The zero-order chi connectivity index (χ0) is 5.86. The Bertz CT molecular complexity index is 75.3. The number of rotatable bonds is 2. The molecule has 0 fully saturated rings. The molecule has 0 amide bonds. The standard InChI is InChI=1S/C3H7BrO2S/c1-2-3(4)7(5)6/h3H,2H2,1H3,(H,5,6). The van der Waals surface area contributed by atoms with Gasteiger partial charge in [0.2, 0.25) is 0 Å². The first-order valence-electron chi connectivity index (χ1n) is 1.92. The molecule has 7 heavy (non-hydrogen) atoms. The van der Waals surface area contributed by atoms with Gasteiger partial charge in [0.25, 0.3) is 0 Å². The average molecular weight is 187 g/mol. The molecule has 4 heteroatoms. The van der Waals surface area contributed by atoms with Crippen LogP contribution >= 0.6 is 15.9 Å². The Hall–Kier alpha value is 0.590. The maximum absolute atomic E-state index is 9.99. The van der Waals surface area contributed by atoms with Crippen LogP contribution in [-0.2, 0) is 11.1 Å². The lowest BCUT2D eigenvalue weighted by Gasteiger charge is -1.95. The Balaban J connectivity index is 3.34. The molecular formula is C3H7BrO2S. The van der Waals surface area contributed by atoms with E-state index in [1.54, 1.807) is 0 Å². The van der Waals surface area contributed by atoms with Gasteiger partial charge in [0.15, 0.2) is 11.1 Å². The highest BCUT2D eigenvalue weighted by molar-refractivity contribution is 9.11. The molecule has 1 N–H and O–H groups in total. The van der Waals surface area contributed by atoms with E-state index in [0.717, 1.165) is 0 Å². The minimum absolute atomic E-state index is 0.257. The Morgan fingerprint density at radius 1 is 2.00 bits per heavy atom. The van der Waals surface area contributed by atoms with Gasteiger partial charge in [-0.3, -0.25) is 0 Å². The van der Waals surface area contributed by atoms with Crippen molar-refractivity contribution in [1.82, 2.24) is 0 Å². The maximum Gasteiger partial charge on any atom is 0.166 e. The van der Waals surface area contributed by atoms with Crippen molar-refractivity contribution in [3.8, 4) is 0 Å². The van der Waals surface area contributed by atoms with E-state index < -0.39 is 11.1 Å². The van der Waals surface area contributed by atoms with Crippen molar-refractivity contribution in [3.63, 3.8) is 0 Å². The van der Waals surface area contributed by atoms with E-state index in [0.29, 0.717) is 6.42 Å². The summed E-state index contributed by atoms with van der Waals surface area (Å²) in [5.74, 6) is 0. The molecule has 0 heterocycles. The summed E-state index contributed by atoms with van der Waals surface area (Å²) in [4.78, 5) is 0. The predicted octanol–water partition coefficient (Wildman–Crippen LogP) is 1.34. The van der Waals surface area contributed by atoms with Crippen molar-refractivity contribution < 1.29 is 8.76 Å². The van der Waals surface area contributed by atoms with Crippen LogP contribution in [0.15, 0.2) is 0 Å². The summed E-state index contributed by atoms with van der Waals surface area (Å²) >= 11 is 1.30. The Kier molecular flexibility index (Phi) is 3.88.